The summed E-state index contributed by atoms with van der Waals surface area (Å²) < 4.78 is 6.77. The van der Waals surface area contributed by atoms with Gasteiger partial charge in [0.1, 0.15) is 18.7 Å². The van der Waals surface area contributed by atoms with Crippen molar-refractivity contribution in [2.45, 2.75) is 0 Å². The molecule has 2 aromatic carbocycles. The van der Waals surface area contributed by atoms with Crippen LogP contribution in [0.5, 0.6) is 5.75 Å². The minimum absolute atomic E-state index is 0.546. The average molecular weight is 385 g/mol. The monoisotopic (exact) mass is 384 g/mol. The van der Waals surface area contributed by atoms with E-state index in [1.807, 2.05) is 66.5 Å². The van der Waals surface area contributed by atoms with Gasteiger partial charge in [0.2, 0.25) is 5.95 Å². The Morgan fingerprint density at radius 3 is 2.50 bits per heavy atom. The van der Waals surface area contributed by atoms with Crippen LogP contribution in [0.4, 0.5) is 5.95 Å². The first-order valence-electron chi connectivity index (χ1n) is 7.56. The zero-order valence-electron chi connectivity index (χ0n) is 13.3. The van der Waals surface area contributed by atoms with Crippen molar-refractivity contribution >= 4 is 21.9 Å². The van der Waals surface area contributed by atoms with Gasteiger partial charge < -0.3 is 9.64 Å². The van der Waals surface area contributed by atoms with Gasteiger partial charge in [-0.15, -0.1) is 0 Å². The number of likely N-dealkylation sites (N-methyl/N-ethyl adjacent to an activating group) is 1. The van der Waals surface area contributed by atoms with Crippen LogP contribution in [-0.2, 0) is 0 Å². The number of anilines is 1. The lowest BCUT2D eigenvalue weighted by molar-refractivity contribution is 0.325. The molecule has 0 amide bonds. The Morgan fingerprint density at radius 1 is 1.00 bits per heavy atom. The number of aromatic nitrogens is 3. The fraction of sp³-hybridized carbons (Fsp3) is 0.167. The van der Waals surface area contributed by atoms with Crippen molar-refractivity contribution in [1.82, 2.24) is 15.0 Å². The fourth-order valence-electron chi connectivity index (χ4n) is 2.13. The van der Waals surface area contributed by atoms with Crippen molar-refractivity contribution in [2.24, 2.45) is 0 Å². The molecule has 0 aliphatic rings. The van der Waals surface area contributed by atoms with Gasteiger partial charge in [-0.1, -0.05) is 46.3 Å². The van der Waals surface area contributed by atoms with Crippen molar-refractivity contribution in [3.63, 3.8) is 0 Å². The molecule has 0 fully saturated rings. The maximum atomic E-state index is 5.73. The van der Waals surface area contributed by atoms with E-state index in [-0.39, 0.29) is 0 Å². The molecule has 0 aliphatic heterocycles. The third kappa shape index (κ3) is 4.29. The smallest absolute Gasteiger partial charge is 0.228 e. The Hall–Kier alpha value is -2.47. The molecule has 0 N–H and O–H groups in total. The minimum Gasteiger partial charge on any atom is -0.492 e. The molecule has 122 valence electrons. The largest absolute Gasteiger partial charge is 0.492 e. The summed E-state index contributed by atoms with van der Waals surface area (Å²) in [6.45, 7) is 1.22. The first-order valence-corrected chi connectivity index (χ1v) is 8.35. The molecule has 6 heteroatoms. The predicted molar refractivity (Wildman–Crippen MR) is 98.2 cm³/mol. The van der Waals surface area contributed by atoms with Crippen molar-refractivity contribution in [1.29, 1.82) is 0 Å². The van der Waals surface area contributed by atoms with E-state index in [1.165, 1.54) is 6.33 Å². The molecule has 0 aliphatic carbocycles. The molecule has 5 nitrogen and oxygen atoms in total. The van der Waals surface area contributed by atoms with Crippen LogP contribution in [0, 0.1) is 0 Å². The van der Waals surface area contributed by atoms with E-state index in [9.17, 15) is 0 Å². The lowest BCUT2D eigenvalue weighted by atomic mass is 10.2. The van der Waals surface area contributed by atoms with Gasteiger partial charge in [0.25, 0.3) is 0 Å². The van der Waals surface area contributed by atoms with Crippen LogP contribution in [0.2, 0.25) is 0 Å². The van der Waals surface area contributed by atoms with Crippen LogP contribution in [0.15, 0.2) is 65.4 Å². The van der Waals surface area contributed by atoms with Gasteiger partial charge in [0, 0.05) is 17.1 Å². The molecular formula is C18H17BrN4O. The van der Waals surface area contributed by atoms with E-state index in [0.29, 0.717) is 24.9 Å². The van der Waals surface area contributed by atoms with Crippen LogP contribution in [-0.4, -0.2) is 35.2 Å². The Labute approximate surface area is 149 Å². The summed E-state index contributed by atoms with van der Waals surface area (Å²) in [5.41, 5.74) is 0.973. The highest BCUT2D eigenvalue weighted by atomic mass is 79.9. The van der Waals surface area contributed by atoms with Crippen LogP contribution >= 0.6 is 15.9 Å². The average Bonchev–Trinajstić information content (AvgIpc) is 2.64. The van der Waals surface area contributed by atoms with Gasteiger partial charge in [-0.05, 0) is 24.3 Å². The number of benzene rings is 2. The molecule has 1 aromatic heterocycles. The number of ether oxygens (including phenoxy) is 1. The van der Waals surface area contributed by atoms with E-state index in [0.717, 1.165) is 15.8 Å². The zero-order valence-corrected chi connectivity index (χ0v) is 14.8. The molecule has 3 aromatic rings. The highest BCUT2D eigenvalue weighted by Gasteiger charge is 2.08. The summed E-state index contributed by atoms with van der Waals surface area (Å²) in [7, 11) is 1.94. The molecule has 24 heavy (non-hydrogen) atoms. The maximum Gasteiger partial charge on any atom is 0.228 e. The molecule has 0 bridgehead atoms. The molecule has 0 unspecified atom stereocenters. The van der Waals surface area contributed by atoms with Gasteiger partial charge in [-0.25, -0.2) is 9.97 Å². The highest BCUT2D eigenvalue weighted by Crippen LogP contribution is 2.17. The normalized spacial score (nSPS) is 10.4. The second kappa shape index (κ2) is 7.88. The third-order valence-electron chi connectivity index (χ3n) is 3.44. The number of halogens is 1. The van der Waals surface area contributed by atoms with Crippen LogP contribution in [0.1, 0.15) is 0 Å². The molecule has 0 saturated heterocycles. The van der Waals surface area contributed by atoms with Crippen LogP contribution in [0.25, 0.3) is 11.4 Å². The quantitative estimate of drug-likeness (QED) is 0.646. The Balaban J connectivity index is 1.61. The number of rotatable bonds is 6. The van der Waals surface area contributed by atoms with Gasteiger partial charge in [0.05, 0.1) is 6.54 Å². The Morgan fingerprint density at radius 2 is 1.75 bits per heavy atom. The van der Waals surface area contributed by atoms with Gasteiger partial charge in [-0.3, -0.25) is 0 Å². The summed E-state index contributed by atoms with van der Waals surface area (Å²) in [4.78, 5) is 15.0. The predicted octanol–water partition coefficient (Wildman–Crippen LogP) is 3.82. The standard InChI is InChI=1S/C18H17BrN4O/c1-23(11-12-24-16-9-7-15(19)8-10-16)18-21-13-20-17(22-18)14-5-3-2-4-6-14/h2-10,13H,11-12H2,1H3. The topological polar surface area (TPSA) is 51.1 Å². The lowest BCUT2D eigenvalue weighted by Crippen LogP contribution is -2.25. The second-order valence-corrected chi connectivity index (χ2v) is 6.11. The second-order valence-electron chi connectivity index (χ2n) is 5.20. The van der Waals surface area contributed by atoms with Crippen molar-refractivity contribution < 1.29 is 4.74 Å². The molecule has 0 atom stereocenters. The minimum atomic E-state index is 0.546. The van der Waals surface area contributed by atoms with E-state index in [2.05, 4.69) is 30.9 Å². The van der Waals surface area contributed by atoms with Crippen molar-refractivity contribution in [2.75, 3.05) is 25.1 Å². The van der Waals surface area contributed by atoms with E-state index >= 15 is 0 Å². The van der Waals surface area contributed by atoms with Gasteiger partial charge in [-0.2, -0.15) is 4.98 Å². The van der Waals surface area contributed by atoms with E-state index in [4.69, 9.17) is 4.74 Å². The Kier molecular flexibility index (Phi) is 5.38. The first kappa shape index (κ1) is 16.4. The number of hydrogen-bond donors (Lipinski definition) is 0. The summed E-state index contributed by atoms with van der Waals surface area (Å²) >= 11 is 3.41. The molecule has 0 radical (unpaired) electrons. The van der Waals surface area contributed by atoms with Crippen LogP contribution < -0.4 is 9.64 Å². The summed E-state index contributed by atoms with van der Waals surface area (Å²) in [5.74, 6) is 2.14. The molecule has 0 spiro atoms. The number of nitrogens with zero attached hydrogens (tertiary/aromatic N) is 4. The molecule has 1 heterocycles. The summed E-state index contributed by atoms with van der Waals surface area (Å²) in [5, 5.41) is 0. The van der Waals surface area contributed by atoms with Gasteiger partial charge in [0.15, 0.2) is 5.82 Å². The molecule has 3 rings (SSSR count). The SMILES string of the molecule is CN(CCOc1ccc(Br)cc1)c1ncnc(-c2ccccc2)n1. The molecular weight excluding hydrogens is 368 g/mol. The van der Waals surface area contributed by atoms with E-state index in [1.54, 1.807) is 0 Å². The third-order valence-corrected chi connectivity index (χ3v) is 3.97. The Bertz CT molecular complexity index is 781. The fourth-order valence-corrected chi connectivity index (χ4v) is 2.39. The maximum absolute atomic E-state index is 5.73. The molecule has 0 saturated carbocycles. The number of hydrogen-bond acceptors (Lipinski definition) is 5. The van der Waals surface area contributed by atoms with Crippen molar-refractivity contribution in [3.05, 3.63) is 65.4 Å². The van der Waals surface area contributed by atoms with Gasteiger partial charge >= 0.3 is 0 Å². The highest BCUT2D eigenvalue weighted by molar-refractivity contribution is 9.10. The van der Waals surface area contributed by atoms with E-state index < -0.39 is 0 Å². The first-order chi connectivity index (χ1) is 11.7. The van der Waals surface area contributed by atoms with Crippen molar-refractivity contribution in [3.8, 4) is 17.1 Å². The zero-order chi connectivity index (χ0) is 16.8. The van der Waals surface area contributed by atoms with Crippen LogP contribution in [0.3, 0.4) is 0 Å². The lowest BCUT2D eigenvalue weighted by Gasteiger charge is -2.17. The summed E-state index contributed by atoms with van der Waals surface area (Å²) in [6.07, 6.45) is 1.54. The summed E-state index contributed by atoms with van der Waals surface area (Å²) in [6, 6.07) is 17.6.